The van der Waals surface area contributed by atoms with E-state index in [-0.39, 0.29) is 11.6 Å². The third kappa shape index (κ3) is 3.29. The molecule has 0 heterocycles. The zero-order chi connectivity index (χ0) is 13.1. The summed E-state index contributed by atoms with van der Waals surface area (Å²) in [5.41, 5.74) is 0.736. The molecule has 0 aliphatic carbocycles. The normalized spacial score (nSPS) is 10.4. The summed E-state index contributed by atoms with van der Waals surface area (Å²) in [5, 5.41) is 1.18. The largest absolute Gasteiger partial charge is 0.489 e. The van der Waals surface area contributed by atoms with Crippen LogP contribution in [0.25, 0.3) is 0 Å². The SMILES string of the molecule is Fc1cc(OCc2cc(Cl)ccc2Cl)ccc1Cl. The van der Waals surface area contributed by atoms with Gasteiger partial charge in [0, 0.05) is 21.7 Å². The quantitative estimate of drug-likeness (QED) is 0.741. The number of hydrogen-bond acceptors (Lipinski definition) is 1. The van der Waals surface area contributed by atoms with Crippen molar-refractivity contribution in [3.8, 4) is 5.75 Å². The minimum atomic E-state index is -0.522. The second kappa shape index (κ2) is 5.79. The fraction of sp³-hybridized carbons (Fsp3) is 0.0769. The Bertz CT molecular complexity index is 572. The van der Waals surface area contributed by atoms with Crippen LogP contribution in [0.3, 0.4) is 0 Å². The third-order valence-electron chi connectivity index (χ3n) is 2.29. The van der Waals surface area contributed by atoms with Crippen LogP contribution in [-0.2, 0) is 6.61 Å². The van der Waals surface area contributed by atoms with Crippen molar-refractivity contribution in [1.29, 1.82) is 0 Å². The predicted molar refractivity (Wildman–Crippen MR) is 72.2 cm³/mol. The first-order chi connectivity index (χ1) is 8.56. The van der Waals surface area contributed by atoms with Crippen LogP contribution < -0.4 is 4.74 Å². The highest BCUT2D eigenvalue weighted by Crippen LogP contribution is 2.24. The molecule has 1 nitrogen and oxygen atoms in total. The average molecular weight is 306 g/mol. The Morgan fingerprint density at radius 1 is 0.944 bits per heavy atom. The molecule has 0 bridgehead atoms. The molecule has 2 aromatic rings. The van der Waals surface area contributed by atoms with Crippen molar-refractivity contribution < 1.29 is 9.13 Å². The summed E-state index contributed by atoms with van der Waals surface area (Å²) in [4.78, 5) is 0. The summed E-state index contributed by atoms with van der Waals surface area (Å²) < 4.78 is 18.6. The Labute approximate surface area is 119 Å². The Hall–Kier alpha value is -0.960. The molecule has 0 aliphatic rings. The molecule has 0 amide bonds. The maximum Gasteiger partial charge on any atom is 0.145 e. The molecule has 0 saturated carbocycles. The summed E-state index contributed by atoms with van der Waals surface area (Å²) >= 11 is 17.4. The highest BCUT2D eigenvalue weighted by molar-refractivity contribution is 6.33. The van der Waals surface area contributed by atoms with Crippen molar-refractivity contribution in [3.05, 3.63) is 62.8 Å². The predicted octanol–water partition coefficient (Wildman–Crippen LogP) is 5.36. The van der Waals surface area contributed by atoms with Crippen LogP contribution in [0.5, 0.6) is 5.75 Å². The third-order valence-corrected chi connectivity index (χ3v) is 3.20. The molecule has 5 heteroatoms. The summed E-state index contributed by atoms with van der Waals surface area (Å²) in [7, 11) is 0. The number of rotatable bonds is 3. The van der Waals surface area contributed by atoms with E-state index in [9.17, 15) is 4.39 Å². The highest BCUT2D eigenvalue weighted by atomic mass is 35.5. The van der Waals surface area contributed by atoms with E-state index < -0.39 is 5.82 Å². The van der Waals surface area contributed by atoms with E-state index in [0.717, 1.165) is 5.56 Å². The maximum atomic E-state index is 13.2. The van der Waals surface area contributed by atoms with Gasteiger partial charge in [-0.05, 0) is 30.3 Å². The van der Waals surface area contributed by atoms with Gasteiger partial charge < -0.3 is 4.74 Å². The lowest BCUT2D eigenvalue weighted by Gasteiger charge is -2.08. The molecule has 0 radical (unpaired) electrons. The van der Waals surface area contributed by atoms with Crippen molar-refractivity contribution in [2.45, 2.75) is 6.61 Å². The lowest BCUT2D eigenvalue weighted by Crippen LogP contribution is -1.96. The monoisotopic (exact) mass is 304 g/mol. The van der Waals surface area contributed by atoms with E-state index in [0.29, 0.717) is 15.8 Å². The van der Waals surface area contributed by atoms with Gasteiger partial charge in [0.15, 0.2) is 0 Å². The number of benzene rings is 2. The summed E-state index contributed by atoms with van der Waals surface area (Å²) in [6.45, 7) is 0.209. The van der Waals surface area contributed by atoms with E-state index in [4.69, 9.17) is 39.5 Å². The van der Waals surface area contributed by atoms with Gasteiger partial charge in [-0.25, -0.2) is 4.39 Å². The second-order valence-corrected chi connectivity index (χ2v) is 4.85. The van der Waals surface area contributed by atoms with Gasteiger partial charge >= 0.3 is 0 Å². The lowest BCUT2D eigenvalue weighted by atomic mass is 10.2. The Kier molecular flexibility index (Phi) is 4.33. The van der Waals surface area contributed by atoms with Crippen LogP contribution in [0.4, 0.5) is 4.39 Å². The van der Waals surface area contributed by atoms with E-state index in [2.05, 4.69) is 0 Å². The van der Waals surface area contributed by atoms with Crippen molar-refractivity contribution in [3.63, 3.8) is 0 Å². The van der Waals surface area contributed by atoms with E-state index in [1.165, 1.54) is 12.1 Å². The first-order valence-corrected chi connectivity index (χ1v) is 6.21. The fourth-order valence-electron chi connectivity index (χ4n) is 1.38. The number of hydrogen-bond donors (Lipinski definition) is 0. The molecule has 0 unspecified atom stereocenters. The molecule has 2 rings (SSSR count). The molecule has 94 valence electrons. The Morgan fingerprint density at radius 3 is 2.39 bits per heavy atom. The standard InChI is InChI=1S/C13H8Cl3FO/c14-9-1-3-11(15)8(5-9)7-18-10-2-4-12(16)13(17)6-10/h1-6H,7H2. The fourth-order valence-corrected chi connectivity index (χ4v) is 1.87. The van der Waals surface area contributed by atoms with E-state index >= 15 is 0 Å². The van der Waals surface area contributed by atoms with Crippen molar-refractivity contribution in [2.75, 3.05) is 0 Å². The van der Waals surface area contributed by atoms with Gasteiger partial charge in [0.2, 0.25) is 0 Å². The van der Waals surface area contributed by atoms with Gasteiger partial charge in [-0.3, -0.25) is 0 Å². The number of ether oxygens (including phenoxy) is 1. The molecular weight excluding hydrogens is 297 g/mol. The zero-order valence-corrected chi connectivity index (χ0v) is 11.4. The van der Waals surface area contributed by atoms with Gasteiger partial charge in [0.1, 0.15) is 18.2 Å². The first kappa shape index (κ1) is 13.5. The van der Waals surface area contributed by atoms with Crippen LogP contribution in [0.15, 0.2) is 36.4 Å². The van der Waals surface area contributed by atoms with Gasteiger partial charge in [0.05, 0.1) is 5.02 Å². The molecule has 0 spiro atoms. The molecule has 0 aliphatic heterocycles. The van der Waals surface area contributed by atoms with Crippen LogP contribution in [0.1, 0.15) is 5.56 Å². The molecular formula is C13H8Cl3FO. The van der Waals surface area contributed by atoms with E-state index in [1.807, 2.05) is 0 Å². The molecule has 18 heavy (non-hydrogen) atoms. The van der Waals surface area contributed by atoms with Crippen LogP contribution in [0.2, 0.25) is 15.1 Å². The van der Waals surface area contributed by atoms with E-state index in [1.54, 1.807) is 24.3 Å². The second-order valence-electron chi connectivity index (χ2n) is 3.60. The highest BCUT2D eigenvalue weighted by Gasteiger charge is 2.05. The molecule has 2 aromatic carbocycles. The van der Waals surface area contributed by atoms with Gasteiger partial charge in [-0.15, -0.1) is 0 Å². The molecule has 0 saturated heterocycles. The smallest absolute Gasteiger partial charge is 0.145 e. The maximum absolute atomic E-state index is 13.2. The van der Waals surface area contributed by atoms with Crippen molar-refractivity contribution in [2.24, 2.45) is 0 Å². The topological polar surface area (TPSA) is 9.23 Å². The average Bonchev–Trinajstić information content (AvgIpc) is 2.34. The summed E-state index contributed by atoms with van der Waals surface area (Å²) in [5.74, 6) is -0.140. The van der Waals surface area contributed by atoms with Crippen LogP contribution >= 0.6 is 34.8 Å². The first-order valence-electron chi connectivity index (χ1n) is 5.08. The van der Waals surface area contributed by atoms with Crippen LogP contribution in [-0.4, -0.2) is 0 Å². The Balaban J connectivity index is 2.11. The van der Waals surface area contributed by atoms with Gasteiger partial charge in [-0.2, -0.15) is 0 Å². The van der Waals surface area contributed by atoms with Gasteiger partial charge in [-0.1, -0.05) is 34.8 Å². The molecule has 0 N–H and O–H groups in total. The van der Waals surface area contributed by atoms with Crippen molar-refractivity contribution in [1.82, 2.24) is 0 Å². The number of halogens is 4. The Morgan fingerprint density at radius 2 is 1.67 bits per heavy atom. The molecule has 0 atom stereocenters. The molecule has 0 aromatic heterocycles. The van der Waals surface area contributed by atoms with Gasteiger partial charge in [0.25, 0.3) is 0 Å². The molecule has 0 fully saturated rings. The minimum absolute atomic E-state index is 0.0585. The summed E-state index contributed by atoms with van der Waals surface area (Å²) in [6, 6.07) is 9.33. The van der Waals surface area contributed by atoms with Crippen molar-refractivity contribution >= 4 is 34.8 Å². The summed E-state index contributed by atoms with van der Waals surface area (Å²) in [6.07, 6.45) is 0. The lowest BCUT2D eigenvalue weighted by molar-refractivity contribution is 0.304. The van der Waals surface area contributed by atoms with Crippen LogP contribution in [0, 0.1) is 5.82 Å². The minimum Gasteiger partial charge on any atom is -0.489 e. The zero-order valence-electron chi connectivity index (χ0n) is 9.09.